The van der Waals surface area contributed by atoms with Gasteiger partial charge in [-0.2, -0.15) is 0 Å². The van der Waals surface area contributed by atoms with E-state index in [9.17, 15) is 9.59 Å². The second-order valence-corrected chi connectivity index (χ2v) is 4.60. The predicted molar refractivity (Wildman–Crippen MR) is 68.5 cm³/mol. The Balaban J connectivity index is 2.08. The number of ether oxygens (including phenoxy) is 1. The van der Waals surface area contributed by atoms with Gasteiger partial charge in [-0.15, -0.1) is 0 Å². The third-order valence-corrected chi connectivity index (χ3v) is 3.14. The quantitative estimate of drug-likeness (QED) is 0.843. The number of carbonyl (C=O) groups is 2. The van der Waals surface area contributed by atoms with Crippen molar-refractivity contribution in [3.63, 3.8) is 0 Å². The highest BCUT2D eigenvalue weighted by atomic mass is 35.5. The lowest BCUT2D eigenvalue weighted by Crippen LogP contribution is -2.50. The largest absolute Gasteiger partial charge is 0.481 e. The van der Waals surface area contributed by atoms with Crippen LogP contribution in [0.15, 0.2) is 12.3 Å². The minimum absolute atomic E-state index is 0.282. The summed E-state index contributed by atoms with van der Waals surface area (Å²) in [7, 11) is 0. The fourth-order valence-electron chi connectivity index (χ4n) is 1.80. The third kappa shape index (κ3) is 2.78. The van der Waals surface area contributed by atoms with Gasteiger partial charge in [0, 0.05) is 19.3 Å². The molecule has 1 fully saturated rings. The number of hydrogen-bond acceptors (Lipinski definition) is 5. The molecule has 1 aliphatic rings. The van der Waals surface area contributed by atoms with Gasteiger partial charge < -0.3 is 14.7 Å². The van der Waals surface area contributed by atoms with Crippen LogP contribution >= 0.6 is 11.6 Å². The van der Waals surface area contributed by atoms with Crippen molar-refractivity contribution < 1.29 is 19.4 Å². The number of pyridine rings is 1. The van der Waals surface area contributed by atoms with Gasteiger partial charge in [-0.25, -0.2) is 9.78 Å². The molecule has 1 N–H and O–H groups in total. The van der Waals surface area contributed by atoms with Gasteiger partial charge in [0.25, 0.3) is 0 Å². The molecule has 19 heavy (non-hydrogen) atoms. The Labute approximate surface area is 114 Å². The minimum atomic E-state index is -0.824. The predicted octanol–water partition coefficient (Wildman–Crippen LogP) is 1.43. The SMILES string of the molecule is CCOC(=O)c1cnc(N2CC(C(=O)O)C2)c(Cl)c1. The number of carboxylic acids is 1. The number of carboxylic acid groups (broad SMARTS) is 1. The second-order valence-electron chi connectivity index (χ2n) is 4.19. The molecule has 2 rings (SSSR count). The van der Waals surface area contributed by atoms with E-state index in [1.165, 1.54) is 12.3 Å². The van der Waals surface area contributed by atoms with E-state index in [1.54, 1.807) is 11.8 Å². The molecule has 0 bridgehead atoms. The number of hydrogen-bond donors (Lipinski definition) is 1. The number of carbonyl (C=O) groups excluding carboxylic acids is 1. The Kier molecular flexibility index (Phi) is 3.90. The number of aliphatic carboxylic acids is 1. The maximum absolute atomic E-state index is 11.5. The highest BCUT2D eigenvalue weighted by molar-refractivity contribution is 6.33. The van der Waals surface area contributed by atoms with Gasteiger partial charge in [-0.1, -0.05) is 11.6 Å². The van der Waals surface area contributed by atoms with Crippen LogP contribution in [0.1, 0.15) is 17.3 Å². The summed E-state index contributed by atoms with van der Waals surface area (Å²) >= 11 is 6.05. The first-order valence-electron chi connectivity index (χ1n) is 5.83. The summed E-state index contributed by atoms with van der Waals surface area (Å²) < 4.78 is 4.84. The number of anilines is 1. The normalized spacial score (nSPS) is 14.9. The number of rotatable bonds is 4. The highest BCUT2D eigenvalue weighted by Crippen LogP contribution is 2.30. The van der Waals surface area contributed by atoms with Crippen molar-refractivity contribution in [3.8, 4) is 0 Å². The first-order valence-corrected chi connectivity index (χ1v) is 6.21. The maximum Gasteiger partial charge on any atom is 0.339 e. The molecular weight excluding hydrogens is 272 g/mol. The van der Waals surface area contributed by atoms with E-state index in [0.29, 0.717) is 23.9 Å². The Bertz CT molecular complexity index is 514. The first-order chi connectivity index (χ1) is 9.02. The molecule has 1 aromatic heterocycles. The summed E-state index contributed by atoms with van der Waals surface area (Å²) in [6.07, 6.45) is 1.38. The molecular formula is C12H13ClN2O4. The summed E-state index contributed by atoms with van der Waals surface area (Å²) in [6.45, 7) is 2.75. The Morgan fingerprint density at radius 3 is 2.79 bits per heavy atom. The average Bonchev–Trinajstić information content (AvgIpc) is 2.29. The molecule has 0 radical (unpaired) electrons. The number of nitrogens with zero attached hydrogens (tertiary/aromatic N) is 2. The van der Waals surface area contributed by atoms with Gasteiger partial charge in [-0.3, -0.25) is 4.79 Å². The lowest BCUT2D eigenvalue weighted by molar-refractivity contribution is -0.142. The van der Waals surface area contributed by atoms with Crippen LogP contribution in [0.5, 0.6) is 0 Å². The summed E-state index contributed by atoms with van der Waals surface area (Å²) in [6, 6.07) is 1.48. The summed E-state index contributed by atoms with van der Waals surface area (Å²) in [5.41, 5.74) is 0.283. The van der Waals surface area contributed by atoms with E-state index in [-0.39, 0.29) is 18.1 Å². The van der Waals surface area contributed by atoms with E-state index >= 15 is 0 Å². The molecule has 0 amide bonds. The Hall–Kier alpha value is -1.82. The number of esters is 1. The van der Waals surface area contributed by atoms with Crippen molar-refractivity contribution in [2.75, 3.05) is 24.6 Å². The summed E-state index contributed by atoms with van der Waals surface area (Å²) in [4.78, 5) is 28.1. The molecule has 1 aliphatic heterocycles. The van der Waals surface area contributed by atoms with Crippen molar-refractivity contribution in [3.05, 3.63) is 22.8 Å². The van der Waals surface area contributed by atoms with Gasteiger partial charge in [-0.05, 0) is 13.0 Å². The van der Waals surface area contributed by atoms with Crippen LogP contribution in [0.2, 0.25) is 5.02 Å². The zero-order chi connectivity index (χ0) is 14.0. The van der Waals surface area contributed by atoms with E-state index in [2.05, 4.69) is 4.98 Å². The van der Waals surface area contributed by atoms with Crippen LogP contribution in [0, 0.1) is 5.92 Å². The molecule has 2 heterocycles. The fourth-order valence-corrected chi connectivity index (χ4v) is 2.08. The molecule has 7 heteroatoms. The zero-order valence-corrected chi connectivity index (χ0v) is 11.1. The van der Waals surface area contributed by atoms with Gasteiger partial charge in [0.05, 0.1) is 23.1 Å². The molecule has 0 saturated carbocycles. The van der Waals surface area contributed by atoms with Gasteiger partial charge >= 0.3 is 11.9 Å². The molecule has 0 aliphatic carbocycles. The van der Waals surface area contributed by atoms with Crippen molar-refractivity contribution in [1.29, 1.82) is 0 Å². The van der Waals surface area contributed by atoms with E-state index in [0.717, 1.165) is 0 Å². The molecule has 102 valence electrons. The van der Waals surface area contributed by atoms with Crippen LogP contribution in [-0.2, 0) is 9.53 Å². The lowest BCUT2D eigenvalue weighted by atomic mass is 10.0. The van der Waals surface area contributed by atoms with Crippen LogP contribution in [-0.4, -0.2) is 41.7 Å². The molecule has 0 atom stereocenters. The number of halogens is 1. The summed E-state index contributed by atoms with van der Waals surface area (Å²) in [5, 5.41) is 9.12. The minimum Gasteiger partial charge on any atom is -0.481 e. The van der Waals surface area contributed by atoms with Crippen LogP contribution < -0.4 is 4.90 Å². The van der Waals surface area contributed by atoms with Gasteiger partial charge in [0.1, 0.15) is 5.82 Å². The molecule has 1 saturated heterocycles. The molecule has 0 aromatic carbocycles. The van der Waals surface area contributed by atoms with Crippen LogP contribution in [0.25, 0.3) is 0 Å². The molecule has 6 nitrogen and oxygen atoms in total. The second kappa shape index (κ2) is 5.44. The highest BCUT2D eigenvalue weighted by Gasteiger charge is 2.34. The average molecular weight is 285 g/mol. The van der Waals surface area contributed by atoms with Crippen LogP contribution in [0.4, 0.5) is 5.82 Å². The molecule has 1 aromatic rings. The number of aromatic nitrogens is 1. The Morgan fingerprint density at radius 2 is 2.26 bits per heavy atom. The monoisotopic (exact) mass is 284 g/mol. The molecule has 0 unspecified atom stereocenters. The van der Waals surface area contributed by atoms with E-state index in [1.807, 2.05) is 0 Å². The van der Waals surface area contributed by atoms with Crippen molar-refractivity contribution in [2.45, 2.75) is 6.92 Å². The summed E-state index contributed by atoms with van der Waals surface area (Å²) in [5.74, 6) is -1.19. The topological polar surface area (TPSA) is 79.7 Å². The smallest absolute Gasteiger partial charge is 0.339 e. The van der Waals surface area contributed by atoms with E-state index < -0.39 is 11.9 Å². The third-order valence-electron chi connectivity index (χ3n) is 2.86. The standard InChI is InChI=1S/C12H13ClN2O4/c1-2-19-12(18)7-3-9(13)10(14-4-7)15-5-8(6-15)11(16)17/h3-4,8H,2,5-6H2,1H3,(H,16,17). The van der Waals surface area contributed by atoms with Crippen LogP contribution in [0.3, 0.4) is 0 Å². The van der Waals surface area contributed by atoms with Gasteiger partial charge in [0.15, 0.2) is 0 Å². The maximum atomic E-state index is 11.5. The van der Waals surface area contributed by atoms with Gasteiger partial charge in [0.2, 0.25) is 0 Å². The fraction of sp³-hybridized carbons (Fsp3) is 0.417. The first kappa shape index (κ1) is 13.6. The lowest BCUT2D eigenvalue weighted by Gasteiger charge is -2.37. The Morgan fingerprint density at radius 1 is 1.58 bits per heavy atom. The van der Waals surface area contributed by atoms with Crippen molar-refractivity contribution in [1.82, 2.24) is 4.98 Å². The van der Waals surface area contributed by atoms with Crippen molar-refractivity contribution in [2.24, 2.45) is 5.92 Å². The van der Waals surface area contributed by atoms with E-state index in [4.69, 9.17) is 21.4 Å². The molecule has 0 spiro atoms. The zero-order valence-electron chi connectivity index (χ0n) is 10.3. The van der Waals surface area contributed by atoms with Crippen molar-refractivity contribution >= 4 is 29.4 Å².